The van der Waals surface area contributed by atoms with Crippen LogP contribution in [0.2, 0.25) is 0 Å². The minimum Gasteiger partial charge on any atom is -0.314 e. The van der Waals surface area contributed by atoms with Gasteiger partial charge in [0.05, 0.1) is 0 Å². The summed E-state index contributed by atoms with van der Waals surface area (Å²) in [5.74, 6) is 1.75. The summed E-state index contributed by atoms with van der Waals surface area (Å²) in [6.07, 6.45) is 8.05. The molecule has 2 aliphatic rings. The van der Waals surface area contributed by atoms with E-state index in [0.29, 0.717) is 5.54 Å². The average Bonchev–Trinajstić information content (AvgIpc) is 2.27. The first kappa shape index (κ1) is 9.26. The van der Waals surface area contributed by atoms with Crippen molar-refractivity contribution in [1.29, 1.82) is 0 Å². The van der Waals surface area contributed by atoms with Crippen molar-refractivity contribution in [2.75, 3.05) is 7.05 Å². The Morgan fingerprint density at radius 2 is 2.31 bits per heavy atom. The summed E-state index contributed by atoms with van der Waals surface area (Å²) in [6, 6.07) is 0. The molecule has 0 heterocycles. The smallest absolute Gasteiger partial charge is 0.0215 e. The van der Waals surface area contributed by atoms with E-state index in [1.807, 2.05) is 0 Å². The molecule has 2 bridgehead atoms. The van der Waals surface area contributed by atoms with Crippen molar-refractivity contribution in [3.63, 3.8) is 0 Å². The van der Waals surface area contributed by atoms with E-state index in [0.717, 1.165) is 11.8 Å². The van der Waals surface area contributed by atoms with Gasteiger partial charge in [-0.25, -0.2) is 0 Å². The molecule has 0 aromatic carbocycles. The van der Waals surface area contributed by atoms with Crippen LogP contribution in [0.1, 0.15) is 39.5 Å². The number of rotatable bonds is 1. The Hall–Kier alpha value is -0.300. The molecule has 0 aromatic heterocycles. The fraction of sp³-hybridized carbons (Fsp3) is 0.833. The highest BCUT2D eigenvalue weighted by Crippen LogP contribution is 2.45. The molecule has 0 radical (unpaired) electrons. The summed E-state index contributed by atoms with van der Waals surface area (Å²) in [6.45, 7) is 4.67. The number of hydrogen-bond acceptors (Lipinski definition) is 1. The minimum atomic E-state index is 0.381. The highest BCUT2D eigenvalue weighted by Gasteiger charge is 2.42. The monoisotopic (exact) mass is 179 g/mol. The van der Waals surface area contributed by atoms with Crippen LogP contribution in [0.25, 0.3) is 0 Å². The van der Waals surface area contributed by atoms with Crippen molar-refractivity contribution in [2.45, 2.75) is 45.1 Å². The van der Waals surface area contributed by atoms with E-state index in [2.05, 4.69) is 32.3 Å². The third-order valence-electron chi connectivity index (χ3n) is 4.12. The van der Waals surface area contributed by atoms with Crippen molar-refractivity contribution in [2.24, 2.45) is 11.8 Å². The molecule has 0 saturated heterocycles. The Morgan fingerprint density at radius 1 is 1.54 bits per heavy atom. The van der Waals surface area contributed by atoms with Crippen molar-refractivity contribution >= 4 is 0 Å². The van der Waals surface area contributed by atoms with Crippen LogP contribution < -0.4 is 5.32 Å². The average molecular weight is 179 g/mol. The van der Waals surface area contributed by atoms with Crippen molar-refractivity contribution in [3.8, 4) is 0 Å². The van der Waals surface area contributed by atoms with E-state index in [9.17, 15) is 0 Å². The predicted octanol–water partition coefficient (Wildman–Crippen LogP) is 2.73. The molecule has 1 N–H and O–H groups in total. The van der Waals surface area contributed by atoms with E-state index >= 15 is 0 Å². The summed E-state index contributed by atoms with van der Waals surface area (Å²) < 4.78 is 0. The van der Waals surface area contributed by atoms with Crippen LogP contribution >= 0.6 is 0 Å². The minimum absolute atomic E-state index is 0.381. The Bertz CT molecular complexity index is 231. The SMILES string of the molecule is CN[C@@]1(C)CC2CCC(C)=CC1C2. The predicted molar refractivity (Wildman–Crippen MR) is 56.7 cm³/mol. The number of allylic oxidation sites excluding steroid dienone is 1. The zero-order chi connectivity index (χ0) is 9.47. The van der Waals surface area contributed by atoms with Gasteiger partial charge >= 0.3 is 0 Å². The molecule has 2 aliphatic carbocycles. The van der Waals surface area contributed by atoms with Crippen molar-refractivity contribution in [1.82, 2.24) is 5.32 Å². The molecular weight excluding hydrogens is 158 g/mol. The highest BCUT2D eigenvalue weighted by atomic mass is 15.0. The van der Waals surface area contributed by atoms with E-state index in [1.54, 1.807) is 5.57 Å². The summed E-state index contributed by atoms with van der Waals surface area (Å²) in [4.78, 5) is 0. The first-order chi connectivity index (χ1) is 6.14. The lowest BCUT2D eigenvalue weighted by atomic mass is 9.86. The molecule has 1 fully saturated rings. The lowest BCUT2D eigenvalue weighted by Crippen LogP contribution is -2.42. The molecule has 1 nitrogen and oxygen atoms in total. The Kier molecular flexibility index (Phi) is 2.23. The summed E-state index contributed by atoms with van der Waals surface area (Å²) in [7, 11) is 2.11. The third-order valence-corrected chi connectivity index (χ3v) is 4.12. The first-order valence-electron chi connectivity index (χ1n) is 5.50. The summed E-state index contributed by atoms with van der Waals surface area (Å²) in [5.41, 5.74) is 1.99. The van der Waals surface area contributed by atoms with Gasteiger partial charge in [0.25, 0.3) is 0 Å². The fourth-order valence-electron chi connectivity index (χ4n) is 3.07. The van der Waals surface area contributed by atoms with Crippen LogP contribution in [-0.4, -0.2) is 12.6 Å². The van der Waals surface area contributed by atoms with Gasteiger partial charge in [0.15, 0.2) is 0 Å². The number of fused-ring (bicyclic) bond motifs is 2. The lowest BCUT2D eigenvalue weighted by Gasteiger charge is -2.30. The van der Waals surface area contributed by atoms with Gasteiger partial charge in [0.1, 0.15) is 0 Å². The molecule has 0 amide bonds. The quantitative estimate of drug-likeness (QED) is 0.610. The summed E-state index contributed by atoms with van der Waals surface area (Å²) >= 11 is 0. The molecular formula is C12H21N. The van der Waals surface area contributed by atoms with Crippen LogP contribution in [0, 0.1) is 11.8 Å². The Balaban J connectivity index is 2.24. The molecule has 1 saturated carbocycles. The van der Waals surface area contributed by atoms with Gasteiger partial charge in [0.2, 0.25) is 0 Å². The number of nitrogens with one attached hydrogen (secondary N) is 1. The molecule has 3 atom stereocenters. The second-order valence-electron chi connectivity index (χ2n) is 5.13. The van der Waals surface area contributed by atoms with E-state index in [-0.39, 0.29) is 0 Å². The van der Waals surface area contributed by atoms with Gasteiger partial charge in [-0.2, -0.15) is 0 Å². The maximum Gasteiger partial charge on any atom is 0.0215 e. The lowest BCUT2D eigenvalue weighted by molar-refractivity contribution is 0.322. The fourth-order valence-corrected chi connectivity index (χ4v) is 3.07. The van der Waals surface area contributed by atoms with Gasteiger partial charge in [-0.3, -0.25) is 0 Å². The van der Waals surface area contributed by atoms with Crippen molar-refractivity contribution in [3.05, 3.63) is 11.6 Å². The Labute approximate surface area is 81.6 Å². The standard InChI is InChI=1S/C12H21N/c1-9-4-5-10-7-11(6-9)12(2,8-10)13-3/h6,10-11,13H,4-5,7-8H2,1-3H3/t10?,11?,12-/m0/s1. The zero-order valence-electron chi connectivity index (χ0n) is 9.06. The van der Waals surface area contributed by atoms with Crippen LogP contribution in [0.5, 0.6) is 0 Å². The molecule has 2 unspecified atom stereocenters. The molecule has 74 valence electrons. The van der Waals surface area contributed by atoms with Gasteiger partial charge in [0, 0.05) is 5.54 Å². The molecule has 0 spiro atoms. The highest BCUT2D eigenvalue weighted by molar-refractivity contribution is 5.14. The zero-order valence-corrected chi connectivity index (χ0v) is 9.06. The molecule has 2 rings (SSSR count). The summed E-state index contributed by atoms with van der Waals surface area (Å²) in [5, 5.41) is 3.52. The topological polar surface area (TPSA) is 12.0 Å². The third kappa shape index (κ3) is 1.54. The van der Waals surface area contributed by atoms with Crippen molar-refractivity contribution < 1.29 is 0 Å². The van der Waals surface area contributed by atoms with E-state index in [4.69, 9.17) is 0 Å². The van der Waals surface area contributed by atoms with Gasteiger partial charge < -0.3 is 5.32 Å². The second kappa shape index (κ2) is 3.13. The largest absolute Gasteiger partial charge is 0.314 e. The van der Waals surface area contributed by atoms with Gasteiger partial charge in [-0.05, 0) is 58.4 Å². The Morgan fingerprint density at radius 3 is 3.00 bits per heavy atom. The maximum atomic E-state index is 3.52. The molecule has 0 aromatic rings. The second-order valence-corrected chi connectivity index (χ2v) is 5.13. The molecule has 1 heteroatoms. The van der Waals surface area contributed by atoms with Crippen LogP contribution in [0.4, 0.5) is 0 Å². The normalized spacial score (nSPS) is 44.4. The molecule has 0 aliphatic heterocycles. The maximum absolute atomic E-state index is 3.52. The van der Waals surface area contributed by atoms with Gasteiger partial charge in [-0.15, -0.1) is 0 Å². The van der Waals surface area contributed by atoms with Crippen LogP contribution in [-0.2, 0) is 0 Å². The molecule has 13 heavy (non-hydrogen) atoms. The van der Waals surface area contributed by atoms with Crippen LogP contribution in [0.3, 0.4) is 0 Å². The van der Waals surface area contributed by atoms with E-state index < -0.39 is 0 Å². The van der Waals surface area contributed by atoms with Gasteiger partial charge in [-0.1, -0.05) is 11.6 Å². The first-order valence-corrected chi connectivity index (χ1v) is 5.50. The van der Waals surface area contributed by atoms with E-state index in [1.165, 1.54) is 25.7 Å². The number of hydrogen-bond donors (Lipinski definition) is 1. The van der Waals surface area contributed by atoms with Crippen LogP contribution in [0.15, 0.2) is 11.6 Å².